The molecular weight excluding hydrogens is 242 g/mol. The molecule has 0 aliphatic heterocycles. The highest BCUT2D eigenvalue weighted by atomic mass is 32.2. The average molecular weight is 267 g/mol. The highest BCUT2D eigenvalue weighted by molar-refractivity contribution is 7.85. The molecule has 102 valence electrons. The average Bonchev–Trinajstić information content (AvgIpc) is 2.36. The zero-order valence-electron chi connectivity index (χ0n) is 12.0. The fraction of sp³-hybridized carbons (Fsp3) is 0.600. The van der Waals surface area contributed by atoms with E-state index in [1.54, 1.807) is 0 Å². The molecule has 0 radical (unpaired) electrons. The van der Waals surface area contributed by atoms with Gasteiger partial charge in [-0.3, -0.25) is 4.21 Å². The maximum atomic E-state index is 12.2. The van der Waals surface area contributed by atoms with E-state index in [-0.39, 0.29) is 0 Å². The summed E-state index contributed by atoms with van der Waals surface area (Å²) in [6, 6.07) is 6.54. The van der Waals surface area contributed by atoms with Gasteiger partial charge < -0.3 is 5.32 Å². The van der Waals surface area contributed by atoms with Crippen LogP contribution < -0.4 is 5.32 Å². The quantitative estimate of drug-likeness (QED) is 0.822. The molecule has 1 aromatic rings. The van der Waals surface area contributed by atoms with Gasteiger partial charge in [0.25, 0.3) is 0 Å². The molecule has 1 aromatic carbocycles. The Balaban J connectivity index is 2.47. The van der Waals surface area contributed by atoms with Crippen molar-refractivity contribution in [2.24, 2.45) is 0 Å². The molecule has 2 unspecified atom stereocenters. The molecule has 0 bridgehead atoms. The second kappa shape index (κ2) is 7.70. The van der Waals surface area contributed by atoms with Crippen LogP contribution in [0.25, 0.3) is 0 Å². The van der Waals surface area contributed by atoms with E-state index in [1.807, 2.05) is 6.07 Å². The molecule has 0 heterocycles. The SMILES string of the molecule is CCCNC(C)CCS(=O)c1ccc(C)c(C)c1. The van der Waals surface area contributed by atoms with Gasteiger partial charge in [0, 0.05) is 16.7 Å². The van der Waals surface area contributed by atoms with Crippen LogP contribution in [0.1, 0.15) is 37.8 Å². The Bertz CT molecular complexity index is 403. The van der Waals surface area contributed by atoms with Crippen molar-refractivity contribution in [3.63, 3.8) is 0 Å². The molecule has 0 fully saturated rings. The van der Waals surface area contributed by atoms with Crippen LogP contribution in [0.15, 0.2) is 23.1 Å². The maximum Gasteiger partial charge on any atom is 0.0530 e. The first kappa shape index (κ1) is 15.4. The van der Waals surface area contributed by atoms with E-state index in [9.17, 15) is 4.21 Å². The van der Waals surface area contributed by atoms with Crippen molar-refractivity contribution in [1.82, 2.24) is 5.32 Å². The first-order valence-electron chi connectivity index (χ1n) is 6.73. The van der Waals surface area contributed by atoms with Crippen molar-refractivity contribution in [1.29, 1.82) is 0 Å². The molecule has 3 heteroatoms. The molecule has 18 heavy (non-hydrogen) atoms. The van der Waals surface area contributed by atoms with Gasteiger partial charge in [0.1, 0.15) is 0 Å². The minimum absolute atomic E-state index is 0.445. The lowest BCUT2D eigenvalue weighted by atomic mass is 10.1. The number of nitrogens with one attached hydrogen (secondary N) is 1. The smallest absolute Gasteiger partial charge is 0.0530 e. The van der Waals surface area contributed by atoms with Crippen molar-refractivity contribution in [2.75, 3.05) is 12.3 Å². The Morgan fingerprint density at radius 3 is 2.61 bits per heavy atom. The summed E-state index contributed by atoms with van der Waals surface area (Å²) < 4.78 is 12.2. The second-order valence-corrected chi connectivity index (χ2v) is 6.51. The van der Waals surface area contributed by atoms with Gasteiger partial charge in [-0.25, -0.2) is 0 Å². The summed E-state index contributed by atoms with van der Waals surface area (Å²) in [6.07, 6.45) is 2.10. The van der Waals surface area contributed by atoms with Gasteiger partial charge in [-0.05, 0) is 63.4 Å². The number of aryl methyl sites for hydroxylation is 2. The predicted octanol–water partition coefficient (Wildman–Crippen LogP) is 3.19. The summed E-state index contributed by atoms with van der Waals surface area (Å²) >= 11 is 0. The number of rotatable bonds is 7. The van der Waals surface area contributed by atoms with Gasteiger partial charge in [-0.1, -0.05) is 13.0 Å². The minimum atomic E-state index is -0.868. The van der Waals surface area contributed by atoms with Gasteiger partial charge >= 0.3 is 0 Å². The molecule has 0 aliphatic rings. The molecule has 1 rings (SSSR count). The lowest BCUT2D eigenvalue weighted by Gasteiger charge is -2.13. The number of hydrogen-bond acceptors (Lipinski definition) is 2. The molecule has 0 spiro atoms. The van der Waals surface area contributed by atoms with Crippen LogP contribution in [0.3, 0.4) is 0 Å². The highest BCUT2D eigenvalue weighted by Gasteiger charge is 2.08. The summed E-state index contributed by atoms with van der Waals surface area (Å²) in [6.45, 7) is 9.51. The fourth-order valence-corrected chi connectivity index (χ4v) is 3.08. The van der Waals surface area contributed by atoms with E-state index in [1.165, 1.54) is 11.1 Å². The van der Waals surface area contributed by atoms with Crippen molar-refractivity contribution < 1.29 is 4.21 Å². The third-order valence-corrected chi connectivity index (χ3v) is 4.61. The third-order valence-electron chi connectivity index (χ3n) is 3.22. The molecule has 2 atom stereocenters. The van der Waals surface area contributed by atoms with E-state index < -0.39 is 10.8 Å². The summed E-state index contributed by atoms with van der Waals surface area (Å²) in [5, 5.41) is 3.43. The normalized spacial score (nSPS) is 14.4. The summed E-state index contributed by atoms with van der Waals surface area (Å²) in [7, 11) is -0.868. The van der Waals surface area contributed by atoms with E-state index in [2.05, 4.69) is 45.1 Å². The van der Waals surface area contributed by atoms with Gasteiger partial charge in [0.2, 0.25) is 0 Å². The standard InChI is InChI=1S/C15H25NOS/c1-5-9-16-14(4)8-10-18(17)15-7-6-12(2)13(3)11-15/h6-7,11,14,16H,5,8-10H2,1-4H3. The van der Waals surface area contributed by atoms with E-state index >= 15 is 0 Å². The van der Waals surface area contributed by atoms with Gasteiger partial charge in [-0.15, -0.1) is 0 Å². The monoisotopic (exact) mass is 267 g/mol. The summed E-state index contributed by atoms with van der Waals surface area (Å²) in [4.78, 5) is 0.959. The summed E-state index contributed by atoms with van der Waals surface area (Å²) in [5.41, 5.74) is 2.48. The van der Waals surface area contributed by atoms with Crippen LogP contribution in [0.5, 0.6) is 0 Å². The Morgan fingerprint density at radius 2 is 2.00 bits per heavy atom. The minimum Gasteiger partial charge on any atom is -0.314 e. The Labute approximate surface area is 114 Å². The van der Waals surface area contributed by atoms with Crippen LogP contribution in [-0.4, -0.2) is 22.5 Å². The topological polar surface area (TPSA) is 29.1 Å². The number of hydrogen-bond donors (Lipinski definition) is 1. The van der Waals surface area contributed by atoms with E-state index in [4.69, 9.17) is 0 Å². The highest BCUT2D eigenvalue weighted by Crippen LogP contribution is 2.14. The van der Waals surface area contributed by atoms with Crippen LogP contribution in [0, 0.1) is 13.8 Å². The Kier molecular flexibility index (Phi) is 6.58. The van der Waals surface area contributed by atoms with Crippen LogP contribution in [-0.2, 0) is 10.8 Å². The second-order valence-electron chi connectivity index (χ2n) is 4.94. The van der Waals surface area contributed by atoms with Crippen molar-refractivity contribution in [3.8, 4) is 0 Å². The zero-order chi connectivity index (χ0) is 13.5. The molecule has 2 nitrogen and oxygen atoms in total. The largest absolute Gasteiger partial charge is 0.314 e. The maximum absolute atomic E-state index is 12.2. The fourth-order valence-electron chi connectivity index (χ4n) is 1.75. The Hall–Kier alpha value is -0.670. The third kappa shape index (κ3) is 4.91. The molecule has 0 saturated heterocycles. The van der Waals surface area contributed by atoms with Crippen LogP contribution in [0.2, 0.25) is 0 Å². The molecular formula is C15H25NOS. The van der Waals surface area contributed by atoms with Crippen molar-refractivity contribution in [2.45, 2.75) is 51.5 Å². The molecule has 0 aliphatic carbocycles. The lowest BCUT2D eigenvalue weighted by Crippen LogP contribution is -2.28. The number of benzene rings is 1. The van der Waals surface area contributed by atoms with Crippen LogP contribution in [0.4, 0.5) is 0 Å². The van der Waals surface area contributed by atoms with E-state index in [0.717, 1.165) is 30.0 Å². The first-order chi connectivity index (χ1) is 8.54. The van der Waals surface area contributed by atoms with E-state index in [0.29, 0.717) is 6.04 Å². The predicted molar refractivity (Wildman–Crippen MR) is 79.6 cm³/mol. The molecule has 0 aromatic heterocycles. The molecule has 0 amide bonds. The summed E-state index contributed by atoms with van der Waals surface area (Å²) in [5.74, 6) is 0.736. The first-order valence-corrected chi connectivity index (χ1v) is 8.05. The molecule has 0 saturated carbocycles. The zero-order valence-corrected chi connectivity index (χ0v) is 12.8. The van der Waals surface area contributed by atoms with Gasteiger partial charge in [0.15, 0.2) is 0 Å². The van der Waals surface area contributed by atoms with Crippen molar-refractivity contribution in [3.05, 3.63) is 29.3 Å². The lowest BCUT2D eigenvalue weighted by molar-refractivity contribution is 0.533. The Morgan fingerprint density at radius 1 is 1.28 bits per heavy atom. The van der Waals surface area contributed by atoms with Gasteiger partial charge in [0.05, 0.1) is 10.8 Å². The van der Waals surface area contributed by atoms with Gasteiger partial charge in [-0.2, -0.15) is 0 Å². The molecule has 1 N–H and O–H groups in total. The van der Waals surface area contributed by atoms with Crippen molar-refractivity contribution >= 4 is 10.8 Å². The van der Waals surface area contributed by atoms with Crippen LogP contribution >= 0.6 is 0 Å².